The summed E-state index contributed by atoms with van der Waals surface area (Å²) in [6.45, 7) is 2.22. The van der Waals surface area contributed by atoms with E-state index in [9.17, 15) is 4.79 Å². The third-order valence-corrected chi connectivity index (χ3v) is 3.07. The van der Waals surface area contributed by atoms with Crippen LogP contribution in [0.3, 0.4) is 0 Å². The molecule has 1 heterocycles. The van der Waals surface area contributed by atoms with Gasteiger partial charge in [-0.2, -0.15) is 0 Å². The lowest BCUT2D eigenvalue weighted by Gasteiger charge is -2.09. The van der Waals surface area contributed by atoms with Crippen LogP contribution < -0.4 is 5.73 Å². The normalized spacial score (nSPS) is 12.5. The van der Waals surface area contributed by atoms with Crippen molar-refractivity contribution in [2.75, 3.05) is 6.61 Å². The minimum atomic E-state index is -0.185. The lowest BCUT2D eigenvalue weighted by molar-refractivity contribution is -0.143. The second kappa shape index (κ2) is 6.38. The molecular weight excluding hydrogens is 242 g/mol. The second-order valence-corrected chi connectivity index (χ2v) is 4.57. The van der Waals surface area contributed by atoms with Crippen molar-refractivity contribution in [3.05, 3.63) is 36.1 Å². The molecule has 0 aliphatic carbocycles. The summed E-state index contributed by atoms with van der Waals surface area (Å²) in [7, 11) is 0. The Bertz CT molecular complexity index is 547. The van der Waals surface area contributed by atoms with Gasteiger partial charge in [0.2, 0.25) is 0 Å². The van der Waals surface area contributed by atoms with Crippen LogP contribution in [0.5, 0.6) is 0 Å². The van der Waals surface area contributed by atoms with Crippen LogP contribution in [0.4, 0.5) is 0 Å². The van der Waals surface area contributed by atoms with Crippen LogP contribution >= 0.6 is 0 Å². The first-order valence-corrected chi connectivity index (χ1v) is 6.57. The maximum Gasteiger partial charge on any atom is 0.305 e. The van der Waals surface area contributed by atoms with Crippen molar-refractivity contribution >= 4 is 16.9 Å². The number of para-hydroxylation sites is 1. The van der Waals surface area contributed by atoms with Gasteiger partial charge < -0.3 is 14.9 Å². The van der Waals surface area contributed by atoms with Crippen molar-refractivity contribution < 1.29 is 13.9 Å². The number of carbonyl (C=O) groups excluding carboxylic acids is 1. The monoisotopic (exact) mass is 261 g/mol. The molecule has 0 radical (unpaired) electrons. The van der Waals surface area contributed by atoms with Crippen LogP contribution in [-0.4, -0.2) is 18.6 Å². The van der Waals surface area contributed by atoms with E-state index < -0.39 is 0 Å². The van der Waals surface area contributed by atoms with Crippen molar-refractivity contribution in [1.82, 2.24) is 0 Å². The van der Waals surface area contributed by atoms with Crippen molar-refractivity contribution in [3.8, 4) is 0 Å². The van der Waals surface area contributed by atoms with Crippen molar-refractivity contribution in [2.45, 2.75) is 32.2 Å². The largest absolute Gasteiger partial charge is 0.466 e. The fraction of sp³-hybridized carbons (Fsp3) is 0.400. The molecule has 2 N–H and O–H groups in total. The number of esters is 1. The van der Waals surface area contributed by atoms with Crippen LogP contribution in [0, 0.1) is 0 Å². The fourth-order valence-corrected chi connectivity index (χ4v) is 2.11. The zero-order valence-electron chi connectivity index (χ0n) is 11.1. The second-order valence-electron chi connectivity index (χ2n) is 4.57. The van der Waals surface area contributed by atoms with Gasteiger partial charge in [-0.25, -0.2) is 0 Å². The van der Waals surface area contributed by atoms with Crippen LogP contribution in [0.15, 0.2) is 34.9 Å². The molecule has 4 heteroatoms. The summed E-state index contributed by atoms with van der Waals surface area (Å²) in [5.41, 5.74) is 8.01. The first kappa shape index (κ1) is 13.6. The number of hydrogen-bond acceptors (Lipinski definition) is 4. The van der Waals surface area contributed by atoms with Gasteiger partial charge in [-0.3, -0.25) is 4.79 Å². The Kier molecular flexibility index (Phi) is 4.58. The van der Waals surface area contributed by atoms with E-state index >= 15 is 0 Å². The van der Waals surface area contributed by atoms with Crippen LogP contribution in [0.25, 0.3) is 11.0 Å². The Hall–Kier alpha value is -1.81. The maximum atomic E-state index is 11.3. The molecule has 4 nitrogen and oxygen atoms in total. The zero-order valence-corrected chi connectivity index (χ0v) is 11.1. The molecule has 0 saturated heterocycles. The Balaban J connectivity index is 1.92. The summed E-state index contributed by atoms with van der Waals surface area (Å²) < 4.78 is 10.4. The summed E-state index contributed by atoms with van der Waals surface area (Å²) in [6, 6.07) is 7.81. The SMILES string of the molecule is CCOC(=O)CCC(N)Cc1coc2ccccc12. The van der Waals surface area contributed by atoms with Crippen molar-refractivity contribution in [2.24, 2.45) is 5.73 Å². The van der Waals surface area contributed by atoms with E-state index in [0.717, 1.165) is 16.5 Å². The molecule has 0 saturated carbocycles. The van der Waals surface area contributed by atoms with Gasteiger partial charge in [0.15, 0.2) is 0 Å². The minimum absolute atomic E-state index is 0.0644. The van der Waals surface area contributed by atoms with Gasteiger partial charge in [0, 0.05) is 17.8 Å². The number of hydrogen-bond donors (Lipinski definition) is 1. The average Bonchev–Trinajstić information content (AvgIpc) is 2.80. The lowest BCUT2D eigenvalue weighted by Crippen LogP contribution is -2.24. The molecule has 0 aliphatic heterocycles. The molecule has 0 aliphatic rings. The van der Waals surface area contributed by atoms with Crippen molar-refractivity contribution in [1.29, 1.82) is 0 Å². The highest BCUT2D eigenvalue weighted by Crippen LogP contribution is 2.22. The molecule has 1 aromatic carbocycles. The van der Waals surface area contributed by atoms with E-state index in [1.165, 1.54) is 0 Å². The highest BCUT2D eigenvalue weighted by molar-refractivity contribution is 5.80. The lowest BCUT2D eigenvalue weighted by atomic mass is 10.0. The zero-order chi connectivity index (χ0) is 13.7. The minimum Gasteiger partial charge on any atom is -0.466 e. The number of fused-ring (bicyclic) bond motifs is 1. The first-order chi connectivity index (χ1) is 9.20. The molecule has 1 unspecified atom stereocenters. The highest BCUT2D eigenvalue weighted by Gasteiger charge is 2.12. The number of benzene rings is 1. The molecule has 1 aromatic heterocycles. The number of nitrogens with two attached hydrogens (primary N) is 1. The van der Waals surface area contributed by atoms with Gasteiger partial charge in [-0.1, -0.05) is 18.2 Å². The Morgan fingerprint density at radius 3 is 3.00 bits per heavy atom. The predicted octanol–water partition coefficient (Wildman–Crippen LogP) is 2.65. The van der Waals surface area contributed by atoms with Gasteiger partial charge in [0.1, 0.15) is 5.58 Å². The van der Waals surface area contributed by atoms with Gasteiger partial charge >= 0.3 is 5.97 Å². The number of furan rings is 1. The third kappa shape index (κ3) is 3.58. The molecular formula is C15H19NO3. The molecule has 102 valence electrons. The molecule has 2 rings (SSSR count). The highest BCUT2D eigenvalue weighted by atomic mass is 16.5. The van der Waals surface area contributed by atoms with E-state index in [0.29, 0.717) is 25.9 Å². The Morgan fingerprint density at radius 1 is 1.42 bits per heavy atom. The summed E-state index contributed by atoms with van der Waals surface area (Å²) >= 11 is 0. The van der Waals surface area contributed by atoms with Crippen LogP contribution in [-0.2, 0) is 16.0 Å². The fourth-order valence-electron chi connectivity index (χ4n) is 2.11. The maximum absolute atomic E-state index is 11.3. The molecule has 0 amide bonds. The number of carbonyl (C=O) groups is 1. The van der Waals surface area contributed by atoms with E-state index in [1.807, 2.05) is 24.3 Å². The first-order valence-electron chi connectivity index (χ1n) is 6.57. The number of rotatable bonds is 6. The summed E-state index contributed by atoms with van der Waals surface area (Å²) in [4.78, 5) is 11.3. The van der Waals surface area contributed by atoms with Gasteiger partial charge in [-0.15, -0.1) is 0 Å². The summed E-state index contributed by atoms with van der Waals surface area (Å²) in [5, 5.41) is 1.09. The summed E-state index contributed by atoms with van der Waals surface area (Å²) in [5.74, 6) is -0.185. The Morgan fingerprint density at radius 2 is 2.21 bits per heavy atom. The summed E-state index contributed by atoms with van der Waals surface area (Å²) in [6.07, 6.45) is 3.44. The van der Waals surface area contributed by atoms with Gasteiger partial charge in [-0.05, 0) is 31.4 Å². The van der Waals surface area contributed by atoms with Crippen molar-refractivity contribution in [3.63, 3.8) is 0 Å². The smallest absolute Gasteiger partial charge is 0.305 e. The van der Waals surface area contributed by atoms with E-state index in [1.54, 1.807) is 13.2 Å². The van der Waals surface area contributed by atoms with E-state index in [-0.39, 0.29) is 12.0 Å². The van der Waals surface area contributed by atoms with Gasteiger partial charge in [0.05, 0.1) is 12.9 Å². The topological polar surface area (TPSA) is 65.5 Å². The molecule has 19 heavy (non-hydrogen) atoms. The quantitative estimate of drug-likeness (QED) is 0.812. The predicted molar refractivity (Wildman–Crippen MR) is 73.8 cm³/mol. The van der Waals surface area contributed by atoms with E-state index in [2.05, 4.69) is 0 Å². The Labute approximate surface area is 112 Å². The third-order valence-electron chi connectivity index (χ3n) is 3.07. The van der Waals surface area contributed by atoms with Gasteiger partial charge in [0.25, 0.3) is 0 Å². The average molecular weight is 261 g/mol. The molecule has 0 bridgehead atoms. The van der Waals surface area contributed by atoms with Crippen LogP contribution in [0.1, 0.15) is 25.3 Å². The van der Waals surface area contributed by atoms with E-state index in [4.69, 9.17) is 14.9 Å². The van der Waals surface area contributed by atoms with Crippen LogP contribution in [0.2, 0.25) is 0 Å². The molecule has 0 spiro atoms. The standard InChI is InChI=1S/C15H19NO3/c1-2-18-15(17)8-7-12(16)9-11-10-19-14-6-4-3-5-13(11)14/h3-6,10,12H,2,7-9,16H2,1H3. The molecule has 0 fully saturated rings. The molecule has 2 aromatic rings. The number of ether oxygens (including phenoxy) is 1. The molecule has 1 atom stereocenters.